The van der Waals surface area contributed by atoms with Crippen LogP contribution in [0.4, 0.5) is 0 Å². The number of carbonyl (C=O) groups excluding carboxylic acids is 2. The van der Waals surface area contributed by atoms with E-state index in [1.54, 1.807) is 6.92 Å². The fraction of sp³-hybridized carbons (Fsp3) is 0.833. The Kier molecular flexibility index (Phi) is 8.04. The lowest BCUT2D eigenvalue weighted by Gasteiger charge is -2.16. The second-order valence-electron chi connectivity index (χ2n) is 4.56. The van der Waals surface area contributed by atoms with Crippen molar-refractivity contribution in [2.45, 2.75) is 18.6 Å². The number of thioether (sulfide) groups is 1. The normalized spacial score (nSPS) is 19.2. The third-order valence-electron chi connectivity index (χ3n) is 2.87. The number of likely N-dealkylation sites (tertiary alicyclic amines) is 1. The van der Waals surface area contributed by atoms with Gasteiger partial charge in [-0.1, -0.05) is 11.8 Å². The van der Waals surface area contributed by atoms with Gasteiger partial charge in [0, 0.05) is 64.4 Å². The Morgan fingerprint density at radius 2 is 2.05 bits per heavy atom. The maximum absolute atomic E-state index is 11.7. The van der Waals surface area contributed by atoms with Gasteiger partial charge in [0.1, 0.15) is 0 Å². The van der Waals surface area contributed by atoms with Gasteiger partial charge in [-0.15, -0.1) is 0 Å². The van der Waals surface area contributed by atoms with Gasteiger partial charge in [-0.3, -0.25) is 9.59 Å². The fourth-order valence-electron chi connectivity index (χ4n) is 2.01. The van der Waals surface area contributed by atoms with Crippen LogP contribution in [0.1, 0.15) is 13.3 Å². The van der Waals surface area contributed by atoms with Crippen LogP contribution >= 0.6 is 11.8 Å². The van der Waals surface area contributed by atoms with Crippen molar-refractivity contribution in [3.63, 3.8) is 0 Å². The summed E-state index contributed by atoms with van der Waals surface area (Å²) >= 11 is 1.28. The molecule has 1 fully saturated rings. The first-order chi connectivity index (χ1) is 9.13. The van der Waals surface area contributed by atoms with Crippen LogP contribution in [0.25, 0.3) is 0 Å². The number of nitrogens with two attached hydrogens (primary N) is 1. The van der Waals surface area contributed by atoms with Gasteiger partial charge in [0.2, 0.25) is 5.91 Å². The van der Waals surface area contributed by atoms with Crippen molar-refractivity contribution < 1.29 is 9.59 Å². The molecule has 1 heterocycles. The highest BCUT2D eigenvalue weighted by molar-refractivity contribution is 8.14. The van der Waals surface area contributed by atoms with Crippen molar-refractivity contribution in [1.82, 2.24) is 15.5 Å². The average molecular weight is 288 g/mol. The molecule has 19 heavy (non-hydrogen) atoms. The molecule has 1 rings (SSSR count). The number of carbonyl (C=O) groups is 2. The van der Waals surface area contributed by atoms with E-state index < -0.39 is 0 Å². The summed E-state index contributed by atoms with van der Waals surface area (Å²) in [6.45, 7) is 6.97. The summed E-state index contributed by atoms with van der Waals surface area (Å²) in [5.74, 6) is 0.154. The zero-order chi connectivity index (χ0) is 14.1. The minimum atomic E-state index is 0.0868. The minimum absolute atomic E-state index is 0.0868. The quantitative estimate of drug-likeness (QED) is 0.472. The van der Waals surface area contributed by atoms with Crippen LogP contribution < -0.4 is 16.4 Å². The highest BCUT2D eigenvalue weighted by Crippen LogP contribution is 2.23. The Labute approximate surface area is 118 Å². The molecule has 6 nitrogen and oxygen atoms in total. The molecule has 1 atom stereocenters. The second kappa shape index (κ2) is 9.30. The highest BCUT2D eigenvalue weighted by Gasteiger charge is 2.30. The van der Waals surface area contributed by atoms with Crippen molar-refractivity contribution >= 4 is 22.8 Å². The van der Waals surface area contributed by atoms with E-state index in [-0.39, 0.29) is 16.3 Å². The number of rotatable bonds is 9. The Hall–Kier alpha value is -0.630. The molecule has 1 saturated heterocycles. The van der Waals surface area contributed by atoms with E-state index in [4.69, 9.17) is 5.73 Å². The Balaban J connectivity index is 2.06. The molecule has 0 spiro atoms. The maximum Gasteiger partial charge on any atom is 0.223 e. The van der Waals surface area contributed by atoms with Gasteiger partial charge in [-0.2, -0.15) is 0 Å². The lowest BCUT2D eigenvalue weighted by atomic mass is 10.4. The van der Waals surface area contributed by atoms with Crippen LogP contribution in [-0.2, 0) is 9.59 Å². The number of nitrogens with zero attached hydrogens (tertiary/aromatic N) is 1. The van der Waals surface area contributed by atoms with E-state index in [1.807, 2.05) is 4.90 Å². The second-order valence-corrected chi connectivity index (χ2v) is 6.04. The molecule has 0 saturated carbocycles. The van der Waals surface area contributed by atoms with Gasteiger partial charge < -0.3 is 21.3 Å². The number of nitrogens with one attached hydrogen (secondary N) is 2. The largest absolute Gasteiger partial charge is 0.340 e. The smallest absolute Gasteiger partial charge is 0.223 e. The molecule has 1 aliphatic heterocycles. The van der Waals surface area contributed by atoms with E-state index >= 15 is 0 Å². The third-order valence-corrected chi connectivity index (χ3v) is 3.85. The van der Waals surface area contributed by atoms with E-state index in [1.165, 1.54) is 11.8 Å². The van der Waals surface area contributed by atoms with E-state index in [0.717, 1.165) is 26.2 Å². The lowest BCUT2D eigenvalue weighted by Crippen LogP contribution is -2.36. The molecule has 1 unspecified atom stereocenters. The summed E-state index contributed by atoms with van der Waals surface area (Å²) in [5.41, 5.74) is 5.36. The molecular formula is C12H24N4O2S. The molecule has 1 aliphatic rings. The molecular weight excluding hydrogens is 264 g/mol. The van der Waals surface area contributed by atoms with Gasteiger partial charge >= 0.3 is 0 Å². The monoisotopic (exact) mass is 288 g/mol. The summed E-state index contributed by atoms with van der Waals surface area (Å²) in [7, 11) is 0. The van der Waals surface area contributed by atoms with Gasteiger partial charge in [0.15, 0.2) is 5.12 Å². The summed E-state index contributed by atoms with van der Waals surface area (Å²) < 4.78 is 0. The Morgan fingerprint density at radius 1 is 1.37 bits per heavy atom. The van der Waals surface area contributed by atoms with Crippen molar-refractivity contribution in [3.05, 3.63) is 0 Å². The van der Waals surface area contributed by atoms with Gasteiger partial charge in [0.05, 0.1) is 0 Å². The van der Waals surface area contributed by atoms with Crippen LogP contribution in [-0.4, -0.2) is 67.0 Å². The van der Waals surface area contributed by atoms with Crippen molar-refractivity contribution in [1.29, 1.82) is 0 Å². The molecule has 0 radical (unpaired) electrons. The standard InChI is InChI=1S/C12H24N4O2S/c1-10(17)19-11-8-12(18)16(9-11)7-6-15-5-4-14-3-2-13/h11,14-15H,2-9,13H2,1H3. The van der Waals surface area contributed by atoms with Crippen LogP contribution in [0.15, 0.2) is 0 Å². The Morgan fingerprint density at radius 3 is 2.68 bits per heavy atom. The predicted molar refractivity (Wildman–Crippen MR) is 78.1 cm³/mol. The number of hydrogen-bond acceptors (Lipinski definition) is 6. The molecule has 110 valence electrons. The molecule has 7 heteroatoms. The summed E-state index contributed by atoms with van der Waals surface area (Å²) in [6.07, 6.45) is 0.488. The maximum atomic E-state index is 11.7. The van der Waals surface area contributed by atoms with Gasteiger partial charge in [-0.25, -0.2) is 0 Å². The summed E-state index contributed by atoms with van der Waals surface area (Å²) in [5, 5.41) is 6.69. The minimum Gasteiger partial charge on any atom is -0.340 e. The summed E-state index contributed by atoms with van der Waals surface area (Å²) in [6, 6.07) is 0. The number of amides is 1. The van der Waals surface area contributed by atoms with Crippen LogP contribution in [0, 0.1) is 0 Å². The Bertz CT molecular complexity index is 301. The predicted octanol–water partition coefficient (Wildman–Crippen LogP) is -0.995. The lowest BCUT2D eigenvalue weighted by molar-refractivity contribution is -0.127. The van der Waals surface area contributed by atoms with E-state index in [0.29, 0.717) is 26.1 Å². The third kappa shape index (κ3) is 6.91. The zero-order valence-electron chi connectivity index (χ0n) is 11.5. The SMILES string of the molecule is CC(=O)SC1CC(=O)N(CCNCCNCCN)C1. The number of hydrogen-bond donors (Lipinski definition) is 3. The van der Waals surface area contributed by atoms with E-state index in [2.05, 4.69) is 10.6 Å². The fourth-order valence-corrected chi connectivity index (χ4v) is 2.96. The molecule has 0 aromatic carbocycles. The topological polar surface area (TPSA) is 87.5 Å². The molecule has 4 N–H and O–H groups in total. The molecule has 0 aromatic rings. The first-order valence-corrected chi connectivity index (χ1v) is 7.58. The van der Waals surface area contributed by atoms with Crippen LogP contribution in [0.3, 0.4) is 0 Å². The molecule has 0 bridgehead atoms. The first-order valence-electron chi connectivity index (χ1n) is 6.70. The van der Waals surface area contributed by atoms with Crippen LogP contribution in [0.5, 0.6) is 0 Å². The van der Waals surface area contributed by atoms with Crippen LogP contribution in [0.2, 0.25) is 0 Å². The van der Waals surface area contributed by atoms with E-state index in [9.17, 15) is 9.59 Å². The molecule has 0 aliphatic carbocycles. The molecule has 0 aromatic heterocycles. The van der Waals surface area contributed by atoms with Gasteiger partial charge in [0.25, 0.3) is 0 Å². The van der Waals surface area contributed by atoms with Crippen molar-refractivity contribution in [2.75, 3.05) is 45.8 Å². The molecule has 1 amide bonds. The van der Waals surface area contributed by atoms with Crippen molar-refractivity contribution in [3.8, 4) is 0 Å². The van der Waals surface area contributed by atoms with Gasteiger partial charge in [-0.05, 0) is 0 Å². The first kappa shape index (κ1) is 16.4. The summed E-state index contributed by atoms with van der Waals surface area (Å²) in [4.78, 5) is 24.6. The van der Waals surface area contributed by atoms with Crippen molar-refractivity contribution in [2.24, 2.45) is 5.73 Å². The zero-order valence-corrected chi connectivity index (χ0v) is 12.3. The average Bonchev–Trinajstić information content (AvgIpc) is 2.67. The highest BCUT2D eigenvalue weighted by atomic mass is 32.2.